The van der Waals surface area contributed by atoms with E-state index in [1.807, 2.05) is 54.6 Å². The van der Waals surface area contributed by atoms with Crippen molar-refractivity contribution in [1.29, 1.82) is 0 Å². The number of hydrogen-bond donors (Lipinski definition) is 0. The van der Waals surface area contributed by atoms with E-state index in [1.165, 1.54) is 6.07 Å². The van der Waals surface area contributed by atoms with E-state index in [0.29, 0.717) is 17.3 Å². The Balaban J connectivity index is 2.12. The van der Waals surface area contributed by atoms with Gasteiger partial charge in [-0.25, -0.2) is 0 Å². The molecule has 0 atom stereocenters. The normalized spacial score (nSPS) is 12.7. The van der Waals surface area contributed by atoms with Gasteiger partial charge in [0, 0.05) is 0 Å². The Morgan fingerprint density at radius 3 is 1.59 bits per heavy atom. The second-order valence-corrected chi connectivity index (χ2v) is 16.7. The molecule has 0 N–H and O–H groups in total. The molecule has 4 aromatic carbocycles. The van der Waals surface area contributed by atoms with Crippen molar-refractivity contribution in [2.45, 2.75) is 13.1 Å². The summed E-state index contributed by atoms with van der Waals surface area (Å²) in [6.07, 6.45) is 0.397. The standard InChI is InChI=1S/C26H22BrFNO2P/c1-20-21(17-22(28)18-26(20)29(30)31)19-32(27,23-11-5-2-6-12-23,24-13-7-3-8-14-24)25-15-9-4-10-16-25/h2-18H,19H2,1H3. The third kappa shape index (κ3) is 3.66. The first-order chi connectivity index (χ1) is 15.3. The molecule has 0 unspecified atom stereocenters. The van der Waals surface area contributed by atoms with Crippen LogP contribution in [-0.2, 0) is 6.16 Å². The summed E-state index contributed by atoms with van der Waals surface area (Å²) in [6, 6.07) is 32.7. The molecular formula is C26H22BrFNO2P. The second kappa shape index (κ2) is 8.57. The van der Waals surface area contributed by atoms with Gasteiger partial charge in [-0.2, -0.15) is 0 Å². The minimum absolute atomic E-state index is 0.202. The number of rotatable bonds is 6. The third-order valence-electron chi connectivity index (χ3n) is 6.00. The summed E-state index contributed by atoms with van der Waals surface area (Å²) in [4.78, 5) is 11.1. The number of nitrogens with zero attached hydrogens (tertiary/aromatic N) is 1. The van der Waals surface area contributed by atoms with Crippen molar-refractivity contribution >= 4 is 42.4 Å². The first-order valence-electron chi connectivity index (χ1n) is 10.2. The maximum absolute atomic E-state index is 14.6. The Kier molecular flexibility index (Phi) is 5.98. The van der Waals surface area contributed by atoms with Gasteiger partial charge in [-0.05, 0) is 0 Å². The van der Waals surface area contributed by atoms with Gasteiger partial charge in [0.2, 0.25) is 0 Å². The van der Waals surface area contributed by atoms with Crippen LogP contribution >= 0.6 is 20.8 Å². The van der Waals surface area contributed by atoms with Gasteiger partial charge < -0.3 is 0 Å². The summed E-state index contributed by atoms with van der Waals surface area (Å²) in [7, 11) is 0. The average molecular weight is 510 g/mol. The van der Waals surface area contributed by atoms with Crippen LogP contribution in [0.3, 0.4) is 0 Å². The van der Waals surface area contributed by atoms with Crippen LogP contribution in [0.15, 0.2) is 103 Å². The number of hydrogen-bond acceptors (Lipinski definition) is 2. The maximum atomic E-state index is 14.6. The molecule has 162 valence electrons. The van der Waals surface area contributed by atoms with Crippen molar-refractivity contribution in [3.05, 3.63) is 130 Å². The van der Waals surface area contributed by atoms with E-state index in [9.17, 15) is 14.5 Å². The summed E-state index contributed by atoms with van der Waals surface area (Å²) >= 11 is 4.31. The number of nitro benzene ring substituents is 1. The Labute approximate surface area is 194 Å². The first-order valence-corrected chi connectivity index (χ1v) is 14.6. The predicted octanol–water partition coefficient (Wildman–Crippen LogP) is 6.38. The van der Waals surface area contributed by atoms with E-state index in [-0.39, 0.29) is 5.69 Å². The van der Waals surface area contributed by atoms with Crippen LogP contribution in [0.1, 0.15) is 11.1 Å². The molecule has 0 saturated carbocycles. The number of nitro groups is 1. The fourth-order valence-electron chi connectivity index (χ4n) is 4.33. The Morgan fingerprint density at radius 1 is 0.812 bits per heavy atom. The monoisotopic (exact) mass is 509 g/mol. The van der Waals surface area contributed by atoms with Crippen molar-refractivity contribution in [3.63, 3.8) is 0 Å². The summed E-state index contributed by atoms with van der Waals surface area (Å²) in [5.41, 5.74) is 0.891. The molecule has 6 heteroatoms. The van der Waals surface area contributed by atoms with Crippen molar-refractivity contribution < 1.29 is 9.31 Å². The predicted molar refractivity (Wildman–Crippen MR) is 136 cm³/mol. The molecule has 4 aromatic rings. The molecular weight excluding hydrogens is 488 g/mol. The topological polar surface area (TPSA) is 43.1 Å². The first kappa shape index (κ1) is 22.3. The van der Waals surface area contributed by atoms with Crippen LogP contribution in [0.4, 0.5) is 10.1 Å². The van der Waals surface area contributed by atoms with Crippen LogP contribution in [0, 0.1) is 22.9 Å². The van der Waals surface area contributed by atoms with Crippen LogP contribution in [0.5, 0.6) is 0 Å². The van der Waals surface area contributed by atoms with Crippen molar-refractivity contribution in [2.75, 3.05) is 0 Å². The van der Waals surface area contributed by atoms with Crippen molar-refractivity contribution in [3.8, 4) is 0 Å². The van der Waals surface area contributed by atoms with E-state index in [4.69, 9.17) is 0 Å². The van der Waals surface area contributed by atoms with Gasteiger partial charge in [-0.15, -0.1) is 0 Å². The SMILES string of the molecule is Cc1c(CP(Br)(c2ccccc2)(c2ccccc2)c2ccccc2)cc(F)cc1[N+](=O)[O-]. The van der Waals surface area contributed by atoms with Crippen molar-refractivity contribution in [2.24, 2.45) is 0 Å². The molecule has 0 aromatic heterocycles. The molecule has 0 radical (unpaired) electrons. The molecule has 0 saturated heterocycles. The molecule has 0 bridgehead atoms. The van der Waals surface area contributed by atoms with Crippen LogP contribution < -0.4 is 15.9 Å². The minimum atomic E-state index is -3.37. The van der Waals surface area contributed by atoms with Gasteiger partial charge in [0.05, 0.1) is 0 Å². The van der Waals surface area contributed by atoms with Crippen LogP contribution in [0.25, 0.3) is 0 Å². The Bertz CT molecular complexity index is 1170. The summed E-state index contributed by atoms with van der Waals surface area (Å²) in [5.74, 6) is -0.607. The van der Waals surface area contributed by atoms with E-state index >= 15 is 0 Å². The van der Waals surface area contributed by atoms with Crippen LogP contribution in [-0.4, -0.2) is 4.92 Å². The molecule has 3 nitrogen and oxygen atoms in total. The zero-order valence-corrected chi connectivity index (χ0v) is 20.0. The summed E-state index contributed by atoms with van der Waals surface area (Å²) in [5, 5.41) is 11.5. The Morgan fingerprint density at radius 2 is 1.22 bits per heavy atom. The van der Waals surface area contributed by atoms with E-state index in [0.717, 1.165) is 22.0 Å². The average Bonchev–Trinajstić information content (AvgIpc) is 2.83. The quantitative estimate of drug-likeness (QED) is 0.172. The molecule has 4 rings (SSSR count). The number of halogens is 2. The van der Waals surface area contributed by atoms with Crippen molar-refractivity contribution in [1.82, 2.24) is 0 Å². The van der Waals surface area contributed by atoms with E-state index in [2.05, 4.69) is 51.9 Å². The Hall–Kier alpha value is -2.88. The second-order valence-electron chi connectivity index (χ2n) is 7.81. The van der Waals surface area contributed by atoms with Gasteiger partial charge in [-0.1, -0.05) is 0 Å². The zero-order chi connectivity index (χ0) is 22.8. The molecule has 32 heavy (non-hydrogen) atoms. The fraction of sp³-hybridized carbons (Fsp3) is 0.0769. The third-order valence-corrected chi connectivity index (χ3v) is 15.5. The van der Waals surface area contributed by atoms with Gasteiger partial charge in [0.1, 0.15) is 0 Å². The van der Waals surface area contributed by atoms with E-state index in [1.54, 1.807) is 6.92 Å². The van der Waals surface area contributed by atoms with Gasteiger partial charge >= 0.3 is 195 Å². The molecule has 0 amide bonds. The molecule has 0 fully saturated rings. The van der Waals surface area contributed by atoms with Crippen LogP contribution in [0.2, 0.25) is 0 Å². The molecule has 0 aliphatic heterocycles. The summed E-state index contributed by atoms with van der Waals surface area (Å²) < 4.78 is 14.6. The molecule has 0 aliphatic carbocycles. The molecule has 0 aliphatic rings. The number of benzene rings is 4. The van der Waals surface area contributed by atoms with Gasteiger partial charge in [-0.3, -0.25) is 0 Å². The van der Waals surface area contributed by atoms with Gasteiger partial charge in [0.15, 0.2) is 0 Å². The fourth-order valence-corrected chi connectivity index (χ4v) is 12.1. The molecule has 0 spiro atoms. The van der Waals surface area contributed by atoms with Gasteiger partial charge in [0.25, 0.3) is 0 Å². The molecule has 0 heterocycles. The summed E-state index contributed by atoms with van der Waals surface area (Å²) in [6.45, 7) is 1.70. The zero-order valence-electron chi connectivity index (χ0n) is 17.5. The van der Waals surface area contributed by atoms with E-state index < -0.39 is 16.0 Å².